The van der Waals surface area contributed by atoms with Crippen molar-refractivity contribution in [2.45, 2.75) is 32.1 Å². The van der Waals surface area contributed by atoms with Gasteiger partial charge in [-0.2, -0.15) is 5.26 Å². The van der Waals surface area contributed by atoms with E-state index in [4.69, 9.17) is 14.7 Å². The summed E-state index contributed by atoms with van der Waals surface area (Å²) in [6, 6.07) is 8.02. The molecule has 1 aromatic rings. The second-order valence-corrected chi connectivity index (χ2v) is 6.68. The van der Waals surface area contributed by atoms with Gasteiger partial charge in [0, 0.05) is 19.0 Å². The molecular weight excluding hydrogens is 292 g/mol. The van der Waals surface area contributed by atoms with Gasteiger partial charge in [0.05, 0.1) is 11.5 Å². The molecule has 0 N–H and O–H groups in total. The van der Waals surface area contributed by atoms with Crippen LogP contribution in [0.3, 0.4) is 0 Å². The van der Waals surface area contributed by atoms with E-state index in [-0.39, 0.29) is 11.8 Å². The molecule has 0 bridgehead atoms. The smallest absolute Gasteiger partial charge is 0.232 e. The number of carbonyl (C=O) groups excluding carboxylic acids is 1. The van der Waals surface area contributed by atoms with Crippen molar-refractivity contribution in [3.05, 3.63) is 23.8 Å². The molecule has 2 aliphatic rings. The number of fused-ring (bicyclic) bond motifs is 1. The fourth-order valence-corrected chi connectivity index (χ4v) is 3.16. The molecule has 2 heterocycles. The SMILES string of the molecule is CC(C)(C(=O)N1CCC(C#N)CC1)c1ccc2c(c1)OCCO2. The second kappa shape index (κ2) is 6.11. The predicted octanol–water partition coefficient (Wildman–Crippen LogP) is 2.50. The van der Waals surface area contributed by atoms with Gasteiger partial charge in [0.15, 0.2) is 11.5 Å². The number of hydrogen-bond donors (Lipinski definition) is 0. The predicted molar refractivity (Wildman–Crippen MR) is 85.4 cm³/mol. The van der Waals surface area contributed by atoms with E-state index in [9.17, 15) is 4.79 Å². The monoisotopic (exact) mass is 314 g/mol. The largest absolute Gasteiger partial charge is 0.486 e. The molecule has 2 aliphatic heterocycles. The summed E-state index contributed by atoms with van der Waals surface area (Å²) in [4.78, 5) is 14.8. The molecule has 5 heteroatoms. The Morgan fingerprint density at radius 3 is 2.52 bits per heavy atom. The topological polar surface area (TPSA) is 62.6 Å². The third-order valence-electron chi connectivity index (χ3n) is 4.76. The maximum atomic E-state index is 13.0. The first-order chi connectivity index (χ1) is 11.0. The molecule has 0 spiro atoms. The van der Waals surface area contributed by atoms with Gasteiger partial charge < -0.3 is 14.4 Å². The van der Waals surface area contributed by atoms with Crippen LogP contribution in [0.15, 0.2) is 18.2 Å². The molecule has 0 aromatic heterocycles. The van der Waals surface area contributed by atoms with Crippen LogP contribution in [0.25, 0.3) is 0 Å². The van der Waals surface area contributed by atoms with Gasteiger partial charge >= 0.3 is 0 Å². The highest BCUT2D eigenvalue weighted by Gasteiger charge is 2.36. The Kier molecular flexibility index (Phi) is 4.16. The zero-order valence-corrected chi connectivity index (χ0v) is 13.7. The van der Waals surface area contributed by atoms with E-state index in [1.54, 1.807) is 0 Å². The molecule has 1 saturated heterocycles. The van der Waals surface area contributed by atoms with Crippen LogP contribution in [-0.2, 0) is 10.2 Å². The number of piperidine rings is 1. The zero-order valence-electron chi connectivity index (χ0n) is 13.7. The average molecular weight is 314 g/mol. The van der Waals surface area contributed by atoms with E-state index >= 15 is 0 Å². The van der Waals surface area contributed by atoms with Crippen molar-refractivity contribution in [1.82, 2.24) is 4.90 Å². The van der Waals surface area contributed by atoms with Gasteiger partial charge in [0.1, 0.15) is 13.2 Å². The van der Waals surface area contributed by atoms with Gasteiger partial charge in [-0.15, -0.1) is 0 Å². The number of likely N-dealkylation sites (tertiary alicyclic amines) is 1. The van der Waals surface area contributed by atoms with Crippen molar-refractivity contribution in [2.75, 3.05) is 26.3 Å². The number of nitrogens with zero attached hydrogens (tertiary/aromatic N) is 2. The molecule has 5 nitrogen and oxygen atoms in total. The van der Waals surface area contributed by atoms with E-state index in [0.717, 1.165) is 24.2 Å². The Balaban J connectivity index is 1.78. The first kappa shape index (κ1) is 15.7. The van der Waals surface area contributed by atoms with E-state index in [2.05, 4.69) is 6.07 Å². The maximum Gasteiger partial charge on any atom is 0.232 e. The minimum Gasteiger partial charge on any atom is -0.486 e. The minimum absolute atomic E-state index is 0.0801. The third kappa shape index (κ3) is 2.98. The van der Waals surface area contributed by atoms with Gasteiger partial charge in [-0.3, -0.25) is 4.79 Å². The van der Waals surface area contributed by atoms with Crippen molar-refractivity contribution in [3.8, 4) is 17.6 Å². The molecule has 122 valence electrons. The minimum atomic E-state index is -0.630. The number of benzene rings is 1. The van der Waals surface area contributed by atoms with Crippen molar-refractivity contribution < 1.29 is 14.3 Å². The lowest BCUT2D eigenvalue weighted by Gasteiger charge is -2.36. The number of rotatable bonds is 2. The number of ether oxygens (including phenoxy) is 2. The lowest BCUT2D eigenvalue weighted by Crippen LogP contribution is -2.47. The lowest BCUT2D eigenvalue weighted by molar-refractivity contribution is -0.137. The standard InChI is InChI=1S/C18H22N2O3/c1-18(2,17(21)20-7-5-13(12-19)6-8-20)14-3-4-15-16(11-14)23-10-9-22-15/h3-4,11,13H,5-10H2,1-2H3. The van der Waals surface area contributed by atoms with Crippen molar-refractivity contribution in [1.29, 1.82) is 5.26 Å². The molecule has 0 saturated carbocycles. The fourth-order valence-electron chi connectivity index (χ4n) is 3.16. The summed E-state index contributed by atoms with van der Waals surface area (Å²) in [5, 5.41) is 8.99. The van der Waals surface area contributed by atoms with E-state index in [0.29, 0.717) is 32.1 Å². The highest BCUT2D eigenvalue weighted by atomic mass is 16.6. The molecular formula is C18H22N2O3. The van der Waals surface area contributed by atoms with Gasteiger partial charge in [0.2, 0.25) is 5.91 Å². The Morgan fingerprint density at radius 1 is 1.22 bits per heavy atom. The highest BCUT2D eigenvalue weighted by Crippen LogP contribution is 2.36. The van der Waals surface area contributed by atoms with Crippen LogP contribution in [0.5, 0.6) is 11.5 Å². The first-order valence-corrected chi connectivity index (χ1v) is 8.11. The van der Waals surface area contributed by atoms with Gasteiger partial charge in [-0.05, 0) is 44.4 Å². The fraction of sp³-hybridized carbons (Fsp3) is 0.556. The summed E-state index contributed by atoms with van der Waals surface area (Å²) in [7, 11) is 0. The quantitative estimate of drug-likeness (QED) is 0.841. The van der Waals surface area contributed by atoms with Crippen molar-refractivity contribution >= 4 is 5.91 Å². The summed E-state index contributed by atoms with van der Waals surface area (Å²) in [6.07, 6.45) is 1.53. The van der Waals surface area contributed by atoms with Crippen LogP contribution < -0.4 is 9.47 Å². The molecule has 1 amide bonds. The van der Waals surface area contributed by atoms with E-state index < -0.39 is 5.41 Å². The Bertz CT molecular complexity index is 640. The summed E-state index contributed by atoms with van der Waals surface area (Å²) in [6.45, 7) is 6.29. The summed E-state index contributed by atoms with van der Waals surface area (Å²) >= 11 is 0. The summed E-state index contributed by atoms with van der Waals surface area (Å²) in [5.74, 6) is 1.62. The second-order valence-electron chi connectivity index (χ2n) is 6.68. The van der Waals surface area contributed by atoms with Crippen LogP contribution in [0, 0.1) is 17.2 Å². The normalized spacial score (nSPS) is 18.4. The van der Waals surface area contributed by atoms with Gasteiger partial charge in [0.25, 0.3) is 0 Å². The Hall–Kier alpha value is -2.22. The van der Waals surface area contributed by atoms with Crippen LogP contribution in [0.2, 0.25) is 0 Å². The van der Waals surface area contributed by atoms with Crippen LogP contribution in [0.4, 0.5) is 0 Å². The maximum absolute atomic E-state index is 13.0. The van der Waals surface area contributed by atoms with Crippen LogP contribution >= 0.6 is 0 Å². The van der Waals surface area contributed by atoms with Gasteiger partial charge in [-0.1, -0.05) is 6.07 Å². The van der Waals surface area contributed by atoms with Crippen molar-refractivity contribution in [2.24, 2.45) is 5.92 Å². The number of amides is 1. The molecule has 0 aliphatic carbocycles. The average Bonchev–Trinajstić information content (AvgIpc) is 2.60. The zero-order chi connectivity index (χ0) is 16.4. The first-order valence-electron chi connectivity index (χ1n) is 8.11. The summed E-state index contributed by atoms with van der Waals surface area (Å²) in [5.41, 5.74) is 0.295. The molecule has 0 radical (unpaired) electrons. The van der Waals surface area contributed by atoms with Crippen LogP contribution in [0.1, 0.15) is 32.3 Å². The number of carbonyl (C=O) groups is 1. The molecule has 3 rings (SSSR count). The lowest BCUT2D eigenvalue weighted by atomic mass is 9.82. The molecule has 1 aromatic carbocycles. The van der Waals surface area contributed by atoms with Crippen LogP contribution in [-0.4, -0.2) is 37.1 Å². The van der Waals surface area contributed by atoms with E-state index in [1.807, 2.05) is 36.9 Å². The molecule has 0 atom stereocenters. The van der Waals surface area contributed by atoms with E-state index in [1.165, 1.54) is 0 Å². The number of nitriles is 1. The highest BCUT2D eigenvalue weighted by molar-refractivity contribution is 5.87. The molecule has 23 heavy (non-hydrogen) atoms. The Labute approximate surface area is 136 Å². The molecule has 0 unspecified atom stereocenters. The molecule has 1 fully saturated rings. The van der Waals surface area contributed by atoms with Gasteiger partial charge in [-0.25, -0.2) is 0 Å². The number of hydrogen-bond acceptors (Lipinski definition) is 4. The summed E-state index contributed by atoms with van der Waals surface area (Å²) < 4.78 is 11.2. The third-order valence-corrected chi connectivity index (χ3v) is 4.76. The van der Waals surface area contributed by atoms with Crippen molar-refractivity contribution in [3.63, 3.8) is 0 Å². The Morgan fingerprint density at radius 2 is 1.87 bits per heavy atom.